The first-order chi connectivity index (χ1) is 9.17. The Kier molecular flexibility index (Phi) is 4.72. The number of halogens is 2. The second-order valence-corrected chi connectivity index (χ2v) is 5.34. The van der Waals surface area contributed by atoms with E-state index >= 15 is 0 Å². The predicted octanol–water partition coefficient (Wildman–Crippen LogP) is 4.79. The number of alkyl halides is 1. The van der Waals surface area contributed by atoms with Crippen LogP contribution in [0.15, 0.2) is 46.9 Å². The van der Waals surface area contributed by atoms with Crippen molar-refractivity contribution < 1.29 is 9.47 Å². The highest BCUT2D eigenvalue weighted by Gasteiger charge is 2.19. The fraction of sp³-hybridized carbons (Fsp3) is 0.200. The van der Waals surface area contributed by atoms with Gasteiger partial charge >= 0.3 is 0 Å². The van der Waals surface area contributed by atoms with Crippen LogP contribution < -0.4 is 9.47 Å². The standard InChI is InChI=1S/C15H14BrClO2/c1-18-13-6-4-3-5-11(13)15(17)12-9-10(16)7-8-14(12)19-2/h3-9,15H,1-2H3. The number of hydrogen-bond acceptors (Lipinski definition) is 2. The van der Waals surface area contributed by atoms with Gasteiger partial charge in [-0.15, -0.1) is 11.6 Å². The van der Waals surface area contributed by atoms with Gasteiger partial charge in [-0.05, 0) is 24.3 Å². The summed E-state index contributed by atoms with van der Waals surface area (Å²) in [6.45, 7) is 0. The average molecular weight is 342 g/mol. The molecule has 0 N–H and O–H groups in total. The predicted molar refractivity (Wildman–Crippen MR) is 81.4 cm³/mol. The van der Waals surface area contributed by atoms with E-state index in [0.29, 0.717) is 0 Å². The number of rotatable bonds is 4. The van der Waals surface area contributed by atoms with Gasteiger partial charge in [0, 0.05) is 15.6 Å². The van der Waals surface area contributed by atoms with E-state index in [1.165, 1.54) is 0 Å². The minimum Gasteiger partial charge on any atom is -0.496 e. The fourth-order valence-electron chi connectivity index (χ4n) is 1.95. The maximum absolute atomic E-state index is 6.59. The topological polar surface area (TPSA) is 18.5 Å². The summed E-state index contributed by atoms with van der Waals surface area (Å²) in [5.74, 6) is 1.53. The first-order valence-electron chi connectivity index (χ1n) is 5.77. The molecule has 1 atom stereocenters. The molecule has 1 unspecified atom stereocenters. The van der Waals surface area contributed by atoms with Crippen molar-refractivity contribution >= 4 is 27.5 Å². The zero-order valence-corrected chi connectivity index (χ0v) is 13.0. The van der Waals surface area contributed by atoms with Crippen LogP contribution in [0, 0.1) is 0 Å². The molecule has 0 amide bonds. The van der Waals surface area contributed by atoms with E-state index in [1.54, 1.807) is 14.2 Å². The van der Waals surface area contributed by atoms with Crippen LogP contribution in [0.1, 0.15) is 16.5 Å². The number of ether oxygens (including phenoxy) is 2. The fourth-order valence-corrected chi connectivity index (χ4v) is 2.68. The highest BCUT2D eigenvalue weighted by molar-refractivity contribution is 9.10. The van der Waals surface area contributed by atoms with Crippen LogP contribution >= 0.6 is 27.5 Å². The zero-order valence-electron chi connectivity index (χ0n) is 10.7. The lowest BCUT2D eigenvalue weighted by Crippen LogP contribution is -2.00. The third-order valence-corrected chi connectivity index (χ3v) is 3.84. The lowest BCUT2D eigenvalue weighted by Gasteiger charge is -2.17. The van der Waals surface area contributed by atoms with Crippen molar-refractivity contribution in [1.29, 1.82) is 0 Å². The Labute approximate surface area is 126 Å². The number of hydrogen-bond donors (Lipinski definition) is 0. The largest absolute Gasteiger partial charge is 0.496 e. The summed E-state index contributed by atoms with van der Waals surface area (Å²) in [5, 5.41) is -0.330. The zero-order chi connectivity index (χ0) is 13.8. The molecule has 0 spiro atoms. The molecule has 0 radical (unpaired) electrons. The Bertz CT molecular complexity index is 572. The maximum Gasteiger partial charge on any atom is 0.123 e. The average Bonchev–Trinajstić information content (AvgIpc) is 2.46. The summed E-state index contributed by atoms with van der Waals surface area (Å²) in [4.78, 5) is 0. The van der Waals surface area contributed by atoms with Gasteiger partial charge in [-0.1, -0.05) is 34.1 Å². The molecule has 2 nitrogen and oxygen atoms in total. The Balaban J connectivity index is 2.49. The Morgan fingerprint density at radius 3 is 2.26 bits per heavy atom. The molecule has 2 aromatic rings. The highest BCUT2D eigenvalue weighted by Crippen LogP contribution is 2.40. The van der Waals surface area contributed by atoms with E-state index < -0.39 is 0 Å². The van der Waals surface area contributed by atoms with Gasteiger partial charge in [-0.25, -0.2) is 0 Å². The van der Waals surface area contributed by atoms with Crippen molar-refractivity contribution in [2.75, 3.05) is 14.2 Å². The molecule has 0 heterocycles. The summed E-state index contributed by atoms with van der Waals surface area (Å²) in [6, 6.07) is 13.5. The number of benzene rings is 2. The van der Waals surface area contributed by atoms with E-state index in [2.05, 4.69) is 15.9 Å². The molecule has 0 saturated heterocycles. The van der Waals surface area contributed by atoms with Crippen molar-refractivity contribution in [2.24, 2.45) is 0 Å². The van der Waals surface area contributed by atoms with Crippen LogP contribution in [0.3, 0.4) is 0 Å². The Morgan fingerprint density at radius 1 is 0.947 bits per heavy atom. The maximum atomic E-state index is 6.59. The second kappa shape index (κ2) is 6.31. The SMILES string of the molecule is COc1ccccc1C(Cl)c1cc(Br)ccc1OC. The molecule has 19 heavy (non-hydrogen) atoms. The van der Waals surface area contributed by atoms with Crippen LogP contribution in [0.5, 0.6) is 11.5 Å². The van der Waals surface area contributed by atoms with E-state index in [-0.39, 0.29) is 5.38 Å². The first kappa shape index (κ1) is 14.2. The van der Waals surface area contributed by atoms with E-state index in [0.717, 1.165) is 27.1 Å². The minimum absolute atomic E-state index is 0.330. The summed E-state index contributed by atoms with van der Waals surface area (Å²) in [7, 11) is 3.28. The molecule has 100 valence electrons. The van der Waals surface area contributed by atoms with Crippen molar-refractivity contribution in [3.05, 3.63) is 58.1 Å². The number of para-hydroxylation sites is 1. The molecule has 4 heteroatoms. The van der Waals surface area contributed by atoms with Gasteiger partial charge in [0.1, 0.15) is 11.5 Å². The van der Waals surface area contributed by atoms with Crippen molar-refractivity contribution in [1.82, 2.24) is 0 Å². The highest BCUT2D eigenvalue weighted by atomic mass is 79.9. The normalized spacial score (nSPS) is 12.0. The molecule has 0 aliphatic rings. The smallest absolute Gasteiger partial charge is 0.123 e. The summed E-state index contributed by atoms with van der Waals surface area (Å²) in [5.41, 5.74) is 1.83. The molecule has 0 aliphatic heterocycles. The second-order valence-electron chi connectivity index (χ2n) is 3.99. The van der Waals surface area contributed by atoms with Crippen LogP contribution in [0.2, 0.25) is 0 Å². The quantitative estimate of drug-likeness (QED) is 0.744. The molecule has 0 fully saturated rings. The van der Waals surface area contributed by atoms with Crippen LogP contribution in [0.4, 0.5) is 0 Å². The molecular formula is C15H14BrClO2. The van der Waals surface area contributed by atoms with Gasteiger partial charge < -0.3 is 9.47 Å². The van der Waals surface area contributed by atoms with Gasteiger partial charge in [0.05, 0.1) is 19.6 Å². The van der Waals surface area contributed by atoms with Crippen LogP contribution in [-0.2, 0) is 0 Å². The third-order valence-electron chi connectivity index (χ3n) is 2.88. The van der Waals surface area contributed by atoms with Crippen LogP contribution in [-0.4, -0.2) is 14.2 Å². The minimum atomic E-state index is -0.330. The molecule has 0 bridgehead atoms. The molecule has 0 saturated carbocycles. The van der Waals surface area contributed by atoms with Gasteiger partial charge in [0.2, 0.25) is 0 Å². The van der Waals surface area contributed by atoms with Crippen molar-refractivity contribution in [3.63, 3.8) is 0 Å². The van der Waals surface area contributed by atoms with Crippen LogP contribution in [0.25, 0.3) is 0 Å². The lowest BCUT2D eigenvalue weighted by molar-refractivity contribution is 0.404. The summed E-state index contributed by atoms with van der Waals surface area (Å²) in [6.07, 6.45) is 0. The number of methoxy groups -OCH3 is 2. The van der Waals surface area contributed by atoms with Gasteiger partial charge in [-0.3, -0.25) is 0 Å². The molecular weight excluding hydrogens is 328 g/mol. The Hall–Kier alpha value is -1.19. The molecule has 0 aromatic heterocycles. The van der Waals surface area contributed by atoms with E-state index in [1.807, 2.05) is 42.5 Å². The van der Waals surface area contributed by atoms with Gasteiger partial charge in [0.25, 0.3) is 0 Å². The third kappa shape index (κ3) is 3.04. The molecule has 0 aliphatic carbocycles. The van der Waals surface area contributed by atoms with E-state index in [9.17, 15) is 0 Å². The molecule has 2 aromatic carbocycles. The first-order valence-corrected chi connectivity index (χ1v) is 7.00. The Morgan fingerprint density at radius 2 is 1.58 bits per heavy atom. The monoisotopic (exact) mass is 340 g/mol. The summed E-state index contributed by atoms with van der Waals surface area (Å²) >= 11 is 10.0. The van der Waals surface area contributed by atoms with Gasteiger partial charge in [-0.2, -0.15) is 0 Å². The molecule has 2 rings (SSSR count). The van der Waals surface area contributed by atoms with Gasteiger partial charge in [0.15, 0.2) is 0 Å². The lowest BCUT2D eigenvalue weighted by atomic mass is 10.0. The van der Waals surface area contributed by atoms with E-state index in [4.69, 9.17) is 21.1 Å². The summed E-state index contributed by atoms with van der Waals surface area (Å²) < 4.78 is 11.7. The van der Waals surface area contributed by atoms with Crippen molar-refractivity contribution in [2.45, 2.75) is 5.38 Å². The van der Waals surface area contributed by atoms with Crippen molar-refractivity contribution in [3.8, 4) is 11.5 Å².